The molecule has 4 rings (SSSR count). The van der Waals surface area contributed by atoms with E-state index < -0.39 is 0 Å². The van der Waals surface area contributed by atoms with Crippen LogP contribution >= 0.6 is 11.8 Å². The Balaban J connectivity index is 1.66. The summed E-state index contributed by atoms with van der Waals surface area (Å²) < 4.78 is 0. The lowest BCUT2D eigenvalue weighted by Gasteiger charge is -2.59. The van der Waals surface area contributed by atoms with Crippen LogP contribution in [0, 0.1) is 34.5 Å². The van der Waals surface area contributed by atoms with Gasteiger partial charge < -0.3 is 0 Å². The minimum Gasteiger partial charge on any atom is -0.299 e. The molecule has 0 amide bonds. The molecule has 0 heterocycles. The van der Waals surface area contributed by atoms with E-state index in [4.69, 9.17) is 0 Å². The molecule has 4 heteroatoms. The first-order chi connectivity index (χ1) is 11.9. The van der Waals surface area contributed by atoms with E-state index in [0.717, 1.165) is 25.7 Å². The highest BCUT2D eigenvalue weighted by Crippen LogP contribution is 2.65. The summed E-state index contributed by atoms with van der Waals surface area (Å²) in [5.74, 6) is 3.05. The molecule has 0 radical (unpaired) electrons. The quantitative estimate of drug-likeness (QED) is 0.729. The van der Waals surface area contributed by atoms with Gasteiger partial charge in [-0.25, -0.2) is 0 Å². The molecule has 25 heavy (non-hydrogen) atoms. The van der Waals surface area contributed by atoms with Crippen molar-refractivity contribution in [3.63, 3.8) is 0 Å². The summed E-state index contributed by atoms with van der Waals surface area (Å²) in [7, 11) is 0. The van der Waals surface area contributed by atoms with Crippen molar-refractivity contribution < 1.29 is 14.4 Å². The first-order valence-electron chi connectivity index (χ1n) is 10.1. The van der Waals surface area contributed by atoms with Crippen LogP contribution < -0.4 is 0 Å². The molecular weight excluding hydrogens is 332 g/mol. The van der Waals surface area contributed by atoms with Gasteiger partial charge in [0.15, 0.2) is 5.12 Å². The van der Waals surface area contributed by atoms with Crippen LogP contribution in [0.15, 0.2) is 0 Å². The molecule has 4 fully saturated rings. The van der Waals surface area contributed by atoms with Crippen LogP contribution in [0.2, 0.25) is 0 Å². The van der Waals surface area contributed by atoms with Crippen molar-refractivity contribution >= 4 is 28.4 Å². The van der Waals surface area contributed by atoms with Crippen LogP contribution in [-0.4, -0.2) is 22.4 Å². The summed E-state index contributed by atoms with van der Waals surface area (Å²) in [5.41, 5.74) is -0.167. The van der Waals surface area contributed by atoms with Gasteiger partial charge in [0.05, 0.1) is 0 Å². The van der Waals surface area contributed by atoms with Crippen LogP contribution in [0.4, 0.5) is 0 Å². The summed E-state index contributed by atoms with van der Waals surface area (Å²) in [5, 5.41) is 0.106. The van der Waals surface area contributed by atoms with Crippen molar-refractivity contribution in [2.45, 2.75) is 71.6 Å². The zero-order valence-corrected chi connectivity index (χ0v) is 16.3. The minimum absolute atomic E-state index is 0.106. The first-order valence-corrected chi connectivity index (χ1v) is 11.1. The predicted molar refractivity (Wildman–Crippen MR) is 99.2 cm³/mol. The van der Waals surface area contributed by atoms with Crippen molar-refractivity contribution in [2.75, 3.05) is 5.75 Å². The number of carbonyl (C=O) groups excluding carboxylic acids is 3. The lowest BCUT2D eigenvalue weighted by molar-refractivity contribution is -0.155. The Morgan fingerprint density at radius 2 is 1.92 bits per heavy atom. The van der Waals surface area contributed by atoms with E-state index in [9.17, 15) is 14.4 Å². The van der Waals surface area contributed by atoms with Crippen molar-refractivity contribution in [1.82, 2.24) is 0 Å². The third kappa shape index (κ3) is 2.57. The van der Waals surface area contributed by atoms with Crippen LogP contribution in [-0.2, 0) is 14.4 Å². The molecular formula is C21H30O3S. The fourth-order valence-electron chi connectivity index (χ4n) is 7.17. The summed E-state index contributed by atoms with van der Waals surface area (Å²) in [6, 6.07) is 0. The van der Waals surface area contributed by atoms with Crippen LogP contribution in [0.25, 0.3) is 0 Å². The largest absolute Gasteiger partial charge is 0.299 e. The lowest BCUT2D eigenvalue weighted by Crippen LogP contribution is -2.56. The smallest absolute Gasteiger partial charge is 0.185 e. The Morgan fingerprint density at radius 3 is 2.68 bits per heavy atom. The van der Waals surface area contributed by atoms with Gasteiger partial charge in [0, 0.05) is 36.9 Å². The fraction of sp³-hybridized carbons (Fsp3) is 0.857. The third-order valence-electron chi connectivity index (χ3n) is 8.34. The number of thioether (sulfide) groups is 1. The summed E-state index contributed by atoms with van der Waals surface area (Å²) >= 11 is 1.33. The Labute approximate surface area is 155 Å². The van der Waals surface area contributed by atoms with Gasteiger partial charge in [-0.2, -0.15) is 0 Å². The Bertz CT molecular complexity index is 614. The molecule has 0 aromatic carbocycles. The number of carbonyl (C=O) groups is 3. The van der Waals surface area contributed by atoms with Gasteiger partial charge in [-0.3, -0.25) is 14.4 Å². The average molecular weight is 363 g/mol. The van der Waals surface area contributed by atoms with Crippen molar-refractivity contribution in [3.05, 3.63) is 0 Å². The number of fused-ring (bicyclic) bond motifs is 5. The normalized spacial score (nSPS) is 46.3. The summed E-state index contributed by atoms with van der Waals surface area (Å²) in [4.78, 5) is 37.4. The molecule has 0 aromatic rings. The second-order valence-corrected chi connectivity index (χ2v) is 10.4. The number of rotatable bonds is 2. The van der Waals surface area contributed by atoms with Crippen molar-refractivity contribution in [3.8, 4) is 0 Å². The Kier molecular flexibility index (Phi) is 4.41. The molecule has 1 unspecified atom stereocenters. The molecule has 4 aliphatic rings. The Hall–Kier alpha value is -0.640. The fourth-order valence-corrected chi connectivity index (χ4v) is 8.15. The van der Waals surface area contributed by atoms with E-state index in [-0.39, 0.29) is 21.9 Å². The second-order valence-electron chi connectivity index (χ2n) is 9.29. The van der Waals surface area contributed by atoms with E-state index >= 15 is 0 Å². The molecule has 138 valence electrons. The SMILES string of the molecule is CC(=O)SC[C@]12CC[C@H]3[C@@H](CC(=O)C4CCCC[C@@]43C)[C@@H]1CCC2=O. The summed E-state index contributed by atoms with van der Waals surface area (Å²) in [6.45, 7) is 3.97. The molecule has 3 nitrogen and oxygen atoms in total. The topological polar surface area (TPSA) is 51.2 Å². The average Bonchev–Trinajstić information content (AvgIpc) is 2.91. The lowest BCUT2D eigenvalue weighted by atomic mass is 9.45. The zero-order valence-electron chi connectivity index (χ0n) is 15.5. The maximum absolute atomic E-state index is 13.0. The molecule has 0 bridgehead atoms. The molecule has 0 aromatic heterocycles. The summed E-state index contributed by atoms with van der Waals surface area (Å²) in [6.07, 6.45) is 9.00. The molecule has 0 aliphatic heterocycles. The first kappa shape index (κ1) is 17.8. The molecule has 0 saturated heterocycles. The maximum Gasteiger partial charge on any atom is 0.185 e. The van der Waals surface area contributed by atoms with Gasteiger partial charge in [-0.05, 0) is 55.3 Å². The van der Waals surface area contributed by atoms with Gasteiger partial charge in [-0.15, -0.1) is 0 Å². The molecule has 4 aliphatic carbocycles. The van der Waals surface area contributed by atoms with Crippen LogP contribution in [0.3, 0.4) is 0 Å². The van der Waals surface area contributed by atoms with Gasteiger partial charge in [0.25, 0.3) is 0 Å². The van der Waals surface area contributed by atoms with Crippen LogP contribution in [0.5, 0.6) is 0 Å². The molecule has 4 saturated carbocycles. The number of Topliss-reactive ketones (excluding diaryl/α,β-unsaturated/α-hetero) is 2. The molecule has 6 atom stereocenters. The Morgan fingerprint density at radius 1 is 1.12 bits per heavy atom. The van der Waals surface area contributed by atoms with Gasteiger partial charge >= 0.3 is 0 Å². The van der Waals surface area contributed by atoms with Gasteiger partial charge in [0.1, 0.15) is 11.6 Å². The number of hydrogen-bond donors (Lipinski definition) is 0. The highest BCUT2D eigenvalue weighted by molar-refractivity contribution is 8.13. The molecule has 0 spiro atoms. The van der Waals surface area contributed by atoms with E-state index in [2.05, 4.69) is 6.92 Å². The third-order valence-corrected chi connectivity index (χ3v) is 9.41. The van der Waals surface area contributed by atoms with Crippen molar-refractivity contribution in [2.24, 2.45) is 34.5 Å². The van der Waals surface area contributed by atoms with Crippen molar-refractivity contribution in [1.29, 1.82) is 0 Å². The maximum atomic E-state index is 13.0. The van der Waals surface area contributed by atoms with Gasteiger partial charge in [-0.1, -0.05) is 31.5 Å². The zero-order chi connectivity index (χ0) is 17.8. The highest BCUT2D eigenvalue weighted by atomic mass is 32.2. The van der Waals surface area contributed by atoms with E-state index in [0.29, 0.717) is 47.9 Å². The second kappa shape index (κ2) is 6.21. The van der Waals surface area contributed by atoms with E-state index in [1.807, 2.05) is 0 Å². The number of hydrogen-bond acceptors (Lipinski definition) is 4. The number of ketones is 2. The predicted octanol–water partition coefficient (Wildman–Crippen LogP) is 4.43. The standard InChI is InChI=1S/C21H30O3S/c1-13(22)25-12-21-10-8-15-14(16(21)6-7-19(21)24)11-18(23)17-5-3-4-9-20(15,17)2/h14-17H,3-12H2,1-2H3/t14-,15+,16+,17?,20-,21-/m1/s1. The van der Waals surface area contributed by atoms with E-state index in [1.165, 1.54) is 31.0 Å². The monoisotopic (exact) mass is 362 g/mol. The minimum atomic E-state index is -0.324. The molecule has 0 N–H and O–H groups in total. The van der Waals surface area contributed by atoms with E-state index in [1.54, 1.807) is 6.92 Å². The van der Waals surface area contributed by atoms with Gasteiger partial charge in [0.2, 0.25) is 0 Å². The highest BCUT2D eigenvalue weighted by Gasteiger charge is 2.62. The van der Waals surface area contributed by atoms with Crippen LogP contribution in [0.1, 0.15) is 71.6 Å².